The Morgan fingerprint density at radius 2 is 1.91 bits per heavy atom. The van der Waals surface area contributed by atoms with Crippen LogP contribution in [0, 0.1) is 0 Å². The second kappa shape index (κ2) is 6.75. The van der Waals surface area contributed by atoms with Crippen molar-refractivity contribution in [1.29, 1.82) is 0 Å². The fraction of sp³-hybridized carbons (Fsp3) is 0.263. The van der Waals surface area contributed by atoms with E-state index in [1.807, 2.05) is 42.5 Å². The van der Waals surface area contributed by atoms with Crippen LogP contribution in [-0.4, -0.2) is 17.7 Å². The topological polar surface area (TPSA) is 72.2 Å². The zero-order chi connectivity index (χ0) is 16.2. The van der Waals surface area contributed by atoms with Crippen molar-refractivity contribution in [3.8, 4) is 0 Å². The Morgan fingerprint density at radius 1 is 1.13 bits per heavy atom. The normalized spacial score (nSPS) is 14.9. The number of nitrogens with two attached hydrogens (primary N) is 1. The Morgan fingerprint density at radius 3 is 2.70 bits per heavy atom. The van der Waals surface area contributed by atoms with Gasteiger partial charge in [-0.25, -0.2) is 0 Å². The molecule has 3 N–H and O–H groups in total. The molecule has 0 unspecified atom stereocenters. The fourth-order valence-corrected chi connectivity index (χ4v) is 2.90. The smallest absolute Gasteiger partial charge is 0.241 e. The van der Waals surface area contributed by atoms with Gasteiger partial charge in [-0.1, -0.05) is 36.4 Å². The van der Waals surface area contributed by atoms with Gasteiger partial charge < -0.3 is 11.1 Å². The number of carbonyl (C=O) groups is 2. The zero-order valence-corrected chi connectivity index (χ0v) is 12.9. The third-order valence-electron chi connectivity index (χ3n) is 4.16. The molecule has 1 amide bonds. The molecular formula is C19H20N2O2. The minimum Gasteiger partial charge on any atom is -0.325 e. The largest absolute Gasteiger partial charge is 0.325 e. The highest BCUT2D eigenvalue weighted by Crippen LogP contribution is 2.24. The van der Waals surface area contributed by atoms with Crippen LogP contribution in [0.25, 0.3) is 0 Å². The monoisotopic (exact) mass is 308 g/mol. The van der Waals surface area contributed by atoms with Crippen molar-refractivity contribution >= 4 is 17.4 Å². The summed E-state index contributed by atoms with van der Waals surface area (Å²) in [6, 6.07) is 14.6. The molecule has 0 radical (unpaired) electrons. The van der Waals surface area contributed by atoms with E-state index in [1.54, 1.807) is 6.07 Å². The van der Waals surface area contributed by atoms with Gasteiger partial charge in [-0.2, -0.15) is 0 Å². The average Bonchev–Trinajstić information content (AvgIpc) is 2.56. The number of hydrogen-bond donors (Lipinski definition) is 2. The van der Waals surface area contributed by atoms with Gasteiger partial charge in [-0.3, -0.25) is 9.59 Å². The summed E-state index contributed by atoms with van der Waals surface area (Å²) < 4.78 is 0. The standard InChI is InChI=1S/C19H20N2O2/c20-17(11-13-5-2-1-3-6-13)19(23)21-15-10-9-14-7-4-8-18(22)16(14)12-15/h1-3,5-6,9-10,12,17H,4,7-8,11,20H2,(H,21,23)/t17-/m0/s1. The Labute approximate surface area is 135 Å². The van der Waals surface area contributed by atoms with Crippen LogP contribution in [-0.2, 0) is 17.6 Å². The number of Topliss-reactive ketones (excluding diaryl/α,β-unsaturated/α-hetero) is 1. The lowest BCUT2D eigenvalue weighted by Crippen LogP contribution is -2.37. The van der Waals surface area contributed by atoms with Gasteiger partial charge in [0.25, 0.3) is 0 Å². The second-order valence-electron chi connectivity index (χ2n) is 5.93. The molecule has 1 atom stereocenters. The number of ketones is 1. The fourth-order valence-electron chi connectivity index (χ4n) is 2.90. The van der Waals surface area contributed by atoms with Crippen LogP contribution in [0.2, 0.25) is 0 Å². The van der Waals surface area contributed by atoms with Crippen molar-refractivity contribution in [3.05, 3.63) is 65.2 Å². The van der Waals surface area contributed by atoms with E-state index in [1.165, 1.54) is 0 Å². The molecule has 23 heavy (non-hydrogen) atoms. The molecule has 0 saturated heterocycles. The van der Waals surface area contributed by atoms with Crippen LogP contribution in [0.1, 0.15) is 34.3 Å². The zero-order valence-electron chi connectivity index (χ0n) is 12.9. The second-order valence-corrected chi connectivity index (χ2v) is 5.93. The molecule has 0 aliphatic heterocycles. The van der Waals surface area contributed by atoms with Crippen LogP contribution in [0.4, 0.5) is 5.69 Å². The molecule has 118 valence electrons. The van der Waals surface area contributed by atoms with Crippen molar-refractivity contribution < 1.29 is 9.59 Å². The molecule has 3 rings (SSSR count). The van der Waals surface area contributed by atoms with E-state index in [9.17, 15) is 9.59 Å². The summed E-state index contributed by atoms with van der Waals surface area (Å²) in [5.41, 5.74) is 9.43. The van der Waals surface area contributed by atoms with E-state index in [0.717, 1.165) is 29.5 Å². The van der Waals surface area contributed by atoms with Gasteiger partial charge in [0.2, 0.25) is 5.91 Å². The first-order chi connectivity index (χ1) is 11.1. The van der Waals surface area contributed by atoms with Crippen molar-refractivity contribution in [1.82, 2.24) is 0 Å². The number of rotatable bonds is 4. The Hall–Kier alpha value is -2.46. The Balaban J connectivity index is 1.68. The molecule has 0 fully saturated rings. The molecule has 1 aliphatic rings. The molecule has 0 aromatic heterocycles. The maximum absolute atomic E-state index is 12.2. The van der Waals surface area contributed by atoms with E-state index in [2.05, 4.69) is 5.32 Å². The molecule has 2 aromatic carbocycles. The van der Waals surface area contributed by atoms with Crippen molar-refractivity contribution in [3.63, 3.8) is 0 Å². The lowest BCUT2D eigenvalue weighted by molar-refractivity contribution is -0.117. The maximum Gasteiger partial charge on any atom is 0.241 e. The summed E-state index contributed by atoms with van der Waals surface area (Å²) in [5, 5.41) is 2.82. The number of hydrogen-bond acceptors (Lipinski definition) is 3. The van der Waals surface area contributed by atoms with Gasteiger partial charge in [0.05, 0.1) is 6.04 Å². The van der Waals surface area contributed by atoms with E-state index >= 15 is 0 Å². The Kier molecular flexibility index (Phi) is 4.53. The van der Waals surface area contributed by atoms with Crippen LogP contribution < -0.4 is 11.1 Å². The number of anilines is 1. The lowest BCUT2D eigenvalue weighted by atomic mass is 9.90. The van der Waals surface area contributed by atoms with Gasteiger partial charge in [0.15, 0.2) is 5.78 Å². The summed E-state index contributed by atoms with van der Waals surface area (Å²) >= 11 is 0. The molecule has 0 heterocycles. The molecular weight excluding hydrogens is 288 g/mol. The summed E-state index contributed by atoms with van der Waals surface area (Å²) in [6.07, 6.45) is 2.89. The SMILES string of the molecule is N[C@@H](Cc1ccccc1)C(=O)Nc1ccc2c(c1)C(=O)CCC2. The van der Waals surface area contributed by atoms with Gasteiger partial charge in [0.1, 0.15) is 0 Å². The highest BCUT2D eigenvalue weighted by molar-refractivity contribution is 6.01. The highest BCUT2D eigenvalue weighted by atomic mass is 16.2. The molecule has 2 aromatic rings. The van der Waals surface area contributed by atoms with E-state index in [4.69, 9.17) is 5.73 Å². The van der Waals surface area contributed by atoms with E-state index in [0.29, 0.717) is 18.5 Å². The first kappa shape index (κ1) is 15.4. The van der Waals surface area contributed by atoms with Crippen molar-refractivity contribution in [2.75, 3.05) is 5.32 Å². The predicted molar refractivity (Wildman–Crippen MR) is 90.5 cm³/mol. The third-order valence-corrected chi connectivity index (χ3v) is 4.16. The number of amides is 1. The summed E-state index contributed by atoms with van der Waals surface area (Å²) in [5.74, 6) is -0.0898. The van der Waals surface area contributed by atoms with Gasteiger partial charge in [-0.05, 0) is 42.5 Å². The predicted octanol–water partition coefficient (Wildman–Crippen LogP) is 2.71. The van der Waals surface area contributed by atoms with Crippen LogP contribution >= 0.6 is 0 Å². The third kappa shape index (κ3) is 3.66. The molecule has 0 saturated carbocycles. The molecule has 0 spiro atoms. The minimum atomic E-state index is -0.621. The van der Waals surface area contributed by atoms with E-state index in [-0.39, 0.29) is 11.7 Å². The van der Waals surface area contributed by atoms with Gasteiger partial charge in [-0.15, -0.1) is 0 Å². The summed E-state index contributed by atoms with van der Waals surface area (Å²) in [7, 11) is 0. The van der Waals surface area contributed by atoms with E-state index < -0.39 is 6.04 Å². The molecule has 4 nitrogen and oxygen atoms in total. The van der Waals surface area contributed by atoms with Gasteiger partial charge >= 0.3 is 0 Å². The van der Waals surface area contributed by atoms with Crippen LogP contribution in [0.15, 0.2) is 48.5 Å². The van der Waals surface area contributed by atoms with Gasteiger partial charge in [0, 0.05) is 17.7 Å². The first-order valence-electron chi connectivity index (χ1n) is 7.90. The Bertz CT molecular complexity index is 725. The summed E-state index contributed by atoms with van der Waals surface area (Å²) in [6.45, 7) is 0. The molecule has 1 aliphatic carbocycles. The number of fused-ring (bicyclic) bond motifs is 1. The number of nitrogens with one attached hydrogen (secondary N) is 1. The minimum absolute atomic E-state index is 0.149. The number of carbonyl (C=O) groups excluding carboxylic acids is 2. The van der Waals surface area contributed by atoms with Crippen molar-refractivity contribution in [2.24, 2.45) is 5.73 Å². The maximum atomic E-state index is 12.2. The average molecular weight is 308 g/mol. The first-order valence-corrected chi connectivity index (χ1v) is 7.90. The summed E-state index contributed by atoms with van der Waals surface area (Å²) in [4.78, 5) is 24.2. The van der Waals surface area contributed by atoms with Crippen LogP contribution in [0.3, 0.4) is 0 Å². The lowest BCUT2D eigenvalue weighted by Gasteiger charge is -2.17. The number of aryl methyl sites for hydroxylation is 1. The molecule has 0 bridgehead atoms. The van der Waals surface area contributed by atoms with Crippen LogP contribution in [0.5, 0.6) is 0 Å². The highest BCUT2D eigenvalue weighted by Gasteiger charge is 2.19. The quantitative estimate of drug-likeness (QED) is 0.912. The number of benzene rings is 2. The molecule has 4 heteroatoms. The van der Waals surface area contributed by atoms with Crippen molar-refractivity contribution in [2.45, 2.75) is 31.7 Å².